The molecule has 4 rings (SSSR count). The van der Waals surface area contributed by atoms with E-state index in [0.717, 1.165) is 46.8 Å². The molecule has 0 saturated carbocycles. The molecular weight excluding hydrogens is 312 g/mol. The van der Waals surface area contributed by atoms with Crippen LogP contribution in [0.25, 0.3) is 11.0 Å². The maximum atomic E-state index is 11.8. The standard InChI is InChI=1S/C20H20N4O/c1-14-20(23-18-6-3-2-5-17(18)22-14)21-13-15-8-10-16(11-9-15)24-12-4-7-19(24)25/h2-3,5-6,8-11H,4,7,12-13H2,1H3,(H,21,23). The Morgan fingerprint density at radius 2 is 1.76 bits per heavy atom. The molecule has 1 N–H and O–H groups in total. The fourth-order valence-electron chi connectivity index (χ4n) is 3.16. The molecule has 2 aromatic carbocycles. The molecule has 0 radical (unpaired) electrons. The lowest BCUT2D eigenvalue weighted by atomic mass is 10.2. The third-order valence-electron chi connectivity index (χ3n) is 4.53. The van der Waals surface area contributed by atoms with Crippen LogP contribution in [-0.4, -0.2) is 22.4 Å². The summed E-state index contributed by atoms with van der Waals surface area (Å²) in [5, 5.41) is 3.36. The van der Waals surface area contributed by atoms with Crippen LogP contribution < -0.4 is 10.2 Å². The van der Waals surface area contributed by atoms with Crippen LogP contribution in [-0.2, 0) is 11.3 Å². The largest absolute Gasteiger partial charge is 0.364 e. The maximum absolute atomic E-state index is 11.8. The summed E-state index contributed by atoms with van der Waals surface area (Å²) in [5.74, 6) is 1.02. The van der Waals surface area contributed by atoms with Crippen molar-refractivity contribution in [1.82, 2.24) is 9.97 Å². The second-order valence-corrected chi connectivity index (χ2v) is 6.32. The lowest BCUT2D eigenvalue weighted by Gasteiger charge is -2.16. The number of aromatic nitrogens is 2. The molecule has 3 aromatic rings. The predicted molar refractivity (Wildman–Crippen MR) is 99.6 cm³/mol. The molecule has 1 saturated heterocycles. The Labute approximate surface area is 146 Å². The molecule has 1 aliphatic rings. The molecule has 1 fully saturated rings. The SMILES string of the molecule is Cc1nc2ccccc2nc1NCc1ccc(N2CCCC2=O)cc1. The number of hydrogen-bond donors (Lipinski definition) is 1. The van der Waals surface area contributed by atoms with Crippen molar-refractivity contribution in [3.8, 4) is 0 Å². The van der Waals surface area contributed by atoms with Gasteiger partial charge in [0.25, 0.3) is 0 Å². The number of amides is 1. The molecule has 25 heavy (non-hydrogen) atoms. The fourth-order valence-corrected chi connectivity index (χ4v) is 3.16. The van der Waals surface area contributed by atoms with Crippen LogP contribution in [0.2, 0.25) is 0 Å². The van der Waals surface area contributed by atoms with Crippen molar-refractivity contribution in [2.45, 2.75) is 26.3 Å². The highest BCUT2D eigenvalue weighted by molar-refractivity contribution is 5.95. The average molecular weight is 332 g/mol. The minimum absolute atomic E-state index is 0.216. The number of nitrogens with zero attached hydrogens (tertiary/aromatic N) is 3. The van der Waals surface area contributed by atoms with Gasteiger partial charge >= 0.3 is 0 Å². The Kier molecular flexibility index (Phi) is 4.06. The molecule has 0 aliphatic carbocycles. The van der Waals surface area contributed by atoms with Gasteiger partial charge in [-0.05, 0) is 43.2 Å². The summed E-state index contributed by atoms with van der Waals surface area (Å²) >= 11 is 0. The number of rotatable bonds is 4. The Morgan fingerprint density at radius 1 is 1.04 bits per heavy atom. The van der Waals surface area contributed by atoms with E-state index in [9.17, 15) is 4.79 Å². The molecule has 5 heteroatoms. The van der Waals surface area contributed by atoms with Crippen LogP contribution in [0.15, 0.2) is 48.5 Å². The highest BCUT2D eigenvalue weighted by atomic mass is 16.2. The number of carbonyl (C=O) groups is 1. The van der Waals surface area contributed by atoms with E-state index < -0.39 is 0 Å². The van der Waals surface area contributed by atoms with Gasteiger partial charge in [0, 0.05) is 25.2 Å². The van der Waals surface area contributed by atoms with Crippen LogP contribution in [0.3, 0.4) is 0 Å². The number of anilines is 2. The highest BCUT2D eigenvalue weighted by Gasteiger charge is 2.21. The number of benzene rings is 2. The van der Waals surface area contributed by atoms with Gasteiger partial charge in [0.15, 0.2) is 0 Å². The van der Waals surface area contributed by atoms with E-state index in [2.05, 4.69) is 27.4 Å². The van der Waals surface area contributed by atoms with E-state index in [1.54, 1.807) is 0 Å². The number of nitrogens with one attached hydrogen (secondary N) is 1. The van der Waals surface area contributed by atoms with Gasteiger partial charge in [0.05, 0.1) is 16.7 Å². The molecular formula is C20H20N4O. The average Bonchev–Trinajstić information content (AvgIpc) is 3.06. The van der Waals surface area contributed by atoms with Crippen LogP contribution in [0.1, 0.15) is 24.1 Å². The van der Waals surface area contributed by atoms with E-state index in [0.29, 0.717) is 13.0 Å². The first kappa shape index (κ1) is 15.6. The summed E-state index contributed by atoms with van der Waals surface area (Å²) in [4.78, 5) is 22.9. The van der Waals surface area contributed by atoms with Gasteiger partial charge in [-0.25, -0.2) is 9.97 Å². The molecule has 0 spiro atoms. The summed E-state index contributed by atoms with van der Waals surface area (Å²) in [6, 6.07) is 16.0. The van der Waals surface area contributed by atoms with Gasteiger partial charge in [0.2, 0.25) is 5.91 Å². The summed E-state index contributed by atoms with van der Waals surface area (Å²) in [7, 11) is 0. The minimum Gasteiger partial charge on any atom is -0.364 e. The molecule has 5 nitrogen and oxygen atoms in total. The third kappa shape index (κ3) is 3.18. The number of fused-ring (bicyclic) bond motifs is 1. The topological polar surface area (TPSA) is 58.1 Å². The Balaban J connectivity index is 1.48. The summed E-state index contributed by atoms with van der Waals surface area (Å²) in [6.45, 7) is 3.45. The zero-order valence-corrected chi connectivity index (χ0v) is 14.2. The lowest BCUT2D eigenvalue weighted by Crippen LogP contribution is -2.23. The second-order valence-electron chi connectivity index (χ2n) is 6.32. The van der Waals surface area contributed by atoms with Crippen LogP contribution >= 0.6 is 0 Å². The van der Waals surface area contributed by atoms with Crippen molar-refractivity contribution in [3.05, 3.63) is 59.8 Å². The number of para-hydroxylation sites is 2. The Hall–Kier alpha value is -2.95. The van der Waals surface area contributed by atoms with Crippen molar-refractivity contribution in [1.29, 1.82) is 0 Å². The molecule has 0 bridgehead atoms. The van der Waals surface area contributed by atoms with Crippen LogP contribution in [0, 0.1) is 6.92 Å². The van der Waals surface area contributed by atoms with Crippen LogP contribution in [0.5, 0.6) is 0 Å². The van der Waals surface area contributed by atoms with Gasteiger partial charge < -0.3 is 10.2 Å². The summed E-state index contributed by atoms with van der Waals surface area (Å²) in [6.07, 6.45) is 1.60. The number of aryl methyl sites for hydroxylation is 1. The monoisotopic (exact) mass is 332 g/mol. The number of hydrogen-bond acceptors (Lipinski definition) is 4. The van der Waals surface area contributed by atoms with Gasteiger partial charge in [-0.1, -0.05) is 24.3 Å². The van der Waals surface area contributed by atoms with Crippen molar-refractivity contribution >= 4 is 28.4 Å². The Bertz CT molecular complexity index is 921. The zero-order valence-electron chi connectivity index (χ0n) is 14.2. The molecule has 1 aliphatic heterocycles. The van der Waals surface area contributed by atoms with Gasteiger partial charge in [-0.3, -0.25) is 4.79 Å². The fraction of sp³-hybridized carbons (Fsp3) is 0.250. The molecule has 0 unspecified atom stereocenters. The normalized spacial score (nSPS) is 14.3. The third-order valence-corrected chi connectivity index (χ3v) is 4.53. The van der Waals surface area contributed by atoms with E-state index in [1.165, 1.54) is 0 Å². The van der Waals surface area contributed by atoms with E-state index in [-0.39, 0.29) is 5.91 Å². The zero-order chi connectivity index (χ0) is 17.2. The van der Waals surface area contributed by atoms with Crippen molar-refractivity contribution in [3.63, 3.8) is 0 Å². The maximum Gasteiger partial charge on any atom is 0.227 e. The first-order chi connectivity index (χ1) is 12.2. The summed E-state index contributed by atoms with van der Waals surface area (Å²) < 4.78 is 0. The molecule has 1 amide bonds. The van der Waals surface area contributed by atoms with Gasteiger partial charge in [-0.2, -0.15) is 0 Å². The van der Waals surface area contributed by atoms with Crippen molar-refractivity contribution < 1.29 is 4.79 Å². The van der Waals surface area contributed by atoms with Crippen molar-refractivity contribution in [2.75, 3.05) is 16.8 Å². The molecule has 0 atom stereocenters. The second kappa shape index (κ2) is 6.51. The van der Waals surface area contributed by atoms with E-state index in [4.69, 9.17) is 0 Å². The first-order valence-corrected chi connectivity index (χ1v) is 8.57. The van der Waals surface area contributed by atoms with Gasteiger partial charge in [-0.15, -0.1) is 0 Å². The Morgan fingerprint density at radius 3 is 2.44 bits per heavy atom. The smallest absolute Gasteiger partial charge is 0.227 e. The van der Waals surface area contributed by atoms with Crippen molar-refractivity contribution in [2.24, 2.45) is 0 Å². The first-order valence-electron chi connectivity index (χ1n) is 8.57. The van der Waals surface area contributed by atoms with E-state index in [1.807, 2.05) is 48.2 Å². The number of carbonyl (C=O) groups excluding carboxylic acids is 1. The predicted octanol–water partition coefficient (Wildman–Crippen LogP) is 3.68. The highest BCUT2D eigenvalue weighted by Crippen LogP contribution is 2.22. The molecule has 126 valence electrons. The van der Waals surface area contributed by atoms with Crippen LogP contribution in [0.4, 0.5) is 11.5 Å². The minimum atomic E-state index is 0.216. The summed E-state index contributed by atoms with van der Waals surface area (Å²) in [5.41, 5.74) is 4.80. The molecule has 2 heterocycles. The quantitative estimate of drug-likeness (QED) is 0.792. The van der Waals surface area contributed by atoms with Gasteiger partial charge in [0.1, 0.15) is 5.82 Å². The molecule has 1 aromatic heterocycles. The lowest BCUT2D eigenvalue weighted by molar-refractivity contribution is -0.117. The van der Waals surface area contributed by atoms with E-state index >= 15 is 0 Å².